The second kappa shape index (κ2) is 3.53. The van der Waals surface area contributed by atoms with Crippen molar-refractivity contribution in [3.63, 3.8) is 0 Å². The minimum absolute atomic E-state index is 0.401. The van der Waals surface area contributed by atoms with Crippen LogP contribution >= 0.6 is 0 Å². The second-order valence-electron chi connectivity index (χ2n) is 4.90. The lowest BCUT2D eigenvalue weighted by molar-refractivity contribution is 0.362. The molecule has 0 radical (unpaired) electrons. The summed E-state index contributed by atoms with van der Waals surface area (Å²) in [7, 11) is 0. The molecule has 0 amide bonds. The van der Waals surface area contributed by atoms with Crippen LogP contribution in [0, 0.1) is 0 Å². The summed E-state index contributed by atoms with van der Waals surface area (Å²) >= 11 is 0. The van der Waals surface area contributed by atoms with Crippen molar-refractivity contribution in [2.24, 2.45) is 0 Å². The highest BCUT2D eigenvalue weighted by Crippen LogP contribution is 2.37. The summed E-state index contributed by atoms with van der Waals surface area (Å²) in [5, 5.41) is 13.1. The van der Waals surface area contributed by atoms with Gasteiger partial charge in [-0.05, 0) is 49.3 Å². The van der Waals surface area contributed by atoms with E-state index in [0.717, 1.165) is 12.1 Å². The van der Waals surface area contributed by atoms with E-state index < -0.39 is 0 Å². The van der Waals surface area contributed by atoms with E-state index in [1.807, 2.05) is 12.1 Å². The van der Waals surface area contributed by atoms with E-state index >= 15 is 0 Å². The number of fused-ring (bicyclic) bond motifs is 2. The van der Waals surface area contributed by atoms with Gasteiger partial charge in [-0.1, -0.05) is 12.1 Å². The molecule has 2 bridgehead atoms. The molecule has 2 aliphatic heterocycles. The van der Waals surface area contributed by atoms with E-state index in [2.05, 4.69) is 11.4 Å². The maximum atomic E-state index is 9.48. The molecule has 2 nitrogen and oxygen atoms in total. The Morgan fingerprint density at radius 2 is 1.87 bits per heavy atom. The lowest BCUT2D eigenvalue weighted by Gasteiger charge is -2.29. The number of piperidine rings is 1. The number of benzene rings is 1. The summed E-state index contributed by atoms with van der Waals surface area (Å²) in [6.07, 6.45) is 5.14. The van der Waals surface area contributed by atoms with Gasteiger partial charge in [-0.15, -0.1) is 0 Å². The normalized spacial score (nSPS) is 34.3. The standard InChI is InChI=1S/C13H17NO/c15-13-3-1-2-9(8-13)10-6-11-4-5-12(7-10)14-11/h1-3,8,10-12,14-15H,4-7H2/t10?,11-,12+. The Balaban J connectivity index is 1.83. The Hall–Kier alpha value is -1.02. The van der Waals surface area contributed by atoms with Crippen molar-refractivity contribution in [1.82, 2.24) is 5.32 Å². The van der Waals surface area contributed by atoms with E-state index in [9.17, 15) is 5.11 Å². The Bertz CT molecular complexity index is 351. The molecule has 0 aromatic heterocycles. The third-order valence-electron chi connectivity index (χ3n) is 3.81. The van der Waals surface area contributed by atoms with Gasteiger partial charge in [0, 0.05) is 12.1 Å². The molecule has 15 heavy (non-hydrogen) atoms. The molecule has 2 heteroatoms. The summed E-state index contributed by atoms with van der Waals surface area (Å²) in [6.45, 7) is 0. The van der Waals surface area contributed by atoms with Gasteiger partial charge in [0.05, 0.1) is 0 Å². The first kappa shape index (κ1) is 9.22. The highest BCUT2D eigenvalue weighted by Gasteiger charge is 2.33. The summed E-state index contributed by atoms with van der Waals surface area (Å²) in [4.78, 5) is 0. The van der Waals surface area contributed by atoms with Gasteiger partial charge in [0.25, 0.3) is 0 Å². The SMILES string of the molecule is Oc1cccc(C2C[C@H]3CC[C@@H](C2)N3)c1. The number of nitrogens with one attached hydrogen (secondary N) is 1. The highest BCUT2D eigenvalue weighted by molar-refractivity contribution is 5.30. The van der Waals surface area contributed by atoms with Gasteiger partial charge >= 0.3 is 0 Å². The van der Waals surface area contributed by atoms with Crippen LogP contribution in [0.1, 0.15) is 37.2 Å². The molecule has 3 rings (SSSR count). The average molecular weight is 203 g/mol. The summed E-state index contributed by atoms with van der Waals surface area (Å²) < 4.78 is 0. The van der Waals surface area contributed by atoms with Crippen molar-refractivity contribution in [2.75, 3.05) is 0 Å². The molecule has 80 valence electrons. The average Bonchev–Trinajstić information content (AvgIpc) is 2.58. The van der Waals surface area contributed by atoms with Crippen LogP contribution < -0.4 is 5.32 Å². The number of hydrogen-bond donors (Lipinski definition) is 2. The predicted molar refractivity (Wildman–Crippen MR) is 60.0 cm³/mol. The molecule has 0 aliphatic carbocycles. The fraction of sp³-hybridized carbons (Fsp3) is 0.538. The van der Waals surface area contributed by atoms with Crippen LogP contribution in [0.2, 0.25) is 0 Å². The predicted octanol–water partition coefficient (Wildman–Crippen LogP) is 2.39. The zero-order valence-corrected chi connectivity index (χ0v) is 8.82. The molecule has 3 atom stereocenters. The summed E-state index contributed by atoms with van der Waals surface area (Å²) in [5.74, 6) is 1.05. The van der Waals surface area contributed by atoms with Gasteiger partial charge in [0.2, 0.25) is 0 Å². The molecular formula is C13H17NO. The van der Waals surface area contributed by atoms with Crippen molar-refractivity contribution in [3.8, 4) is 5.75 Å². The Labute approximate surface area is 90.3 Å². The maximum absolute atomic E-state index is 9.48. The topological polar surface area (TPSA) is 32.3 Å². The number of rotatable bonds is 1. The van der Waals surface area contributed by atoms with E-state index in [4.69, 9.17) is 0 Å². The Morgan fingerprint density at radius 3 is 2.53 bits per heavy atom. The van der Waals surface area contributed by atoms with Crippen molar-refractivity contribution < 1.29 is 5.11 Å². The number of phenolic OH excluding ortho intramolecular Hbond substituents is 1. The quantitative estimate of drug-likeness (QED) is 0.734. The van der Waals surface area contributed by atoms with Crippen molar-refractivity contribution >= 4 is 0 Å². The van der Waals surface area contributed by atoms with E-state index in [0.29, 0.717) is 11.7 Å². The van der Waals surface area contributed by atoms with E-state index in [1.54, 1.807) is 6.07 Å². The lowest BCUT2D eigenvalue weighted by atomic mass is 9.86. The van der Waals surface area contributed by atoms with Gasteiger partial charge in [-0.3, -0.25) is 0 Å². The molecule has 1 aromatic rings. The number of aromatic hydroxyl groups is 1. The van der Waals surface area contributed by atoms with Gasteiger partial charge in [-0.25, -0.2) is 0 Å². The van der Waals surface area contributed by atoms with Crippen LogP contribution in [0.4, 0.5) is 0 Å². The van der Waals surface area contributed by atoms with Gasteiger partial charge in [0.1, 0.15) is 5.75 Å². The van der Waals surface area contributed by atoms with Gasteiger partial charge in [-0.2, -0.15) is 0 Å². The molecular weight excluding hydrogens is 186 g/mol. The van der Waals surface area contributed by atoms with Crippen molar-refractivity contribution in [2.45, 2.75) is 43.7 Å². The zero-order chi connectivity index (χ0) is 10.3. The lowest BCUT2D eigenvalue weighted by Crippen LogP contribution is -2.37. The van der Waals surface area contributed by atoms with Crippen LogP contribution in [0.15, 0.2) is 24.3 Å². The Morgan fingerprint density at radius 1 is 1.13 bits per heavy atom. The first-order valence-electron chi connectivity index (χ1n) is 5.86. The molecule has 1 aromatic carbocycles. The molecule has 2 aliphatic rings. The summed E-state index contributed by atoms with van der Waals surface area (Å²) in [5.41, 5.74) is 1.31. The first-order valence-corrected chi connectivity index (χ1v) is 5.86. The monoisotopic (exact) mass is 203 g/mol. The van der Waals surface area contributed by atoms with Crippen molar-refractivity contribution in [3.05, 3.63) is 29.8 Å². The van der Waals surface area contributed by atoms with Gasteiger partial charge < -0.3 is 10.4 Å². The van der Waals surface area contributed by atoms with Crippen LogP contribution in [0.3, 0.4) is 0 Å². The molecule has 2 saturated heterocycles. The fourth-order valence-corrected chi connectivity index (χ4v) is 3.11. The molecule has 2 heterocycles. The fourth-order valence-electron chi connectivity index (χ4n) is 3.11. The molecule has 1 unspecified atom stereocenters. The molecule has 2 fully saturated rings. The Kier molecular flexibility index (Phi) is 2.17. The number of hydrogen-bond acceptors (Lipinski definition) is 2. The molecule has 0 spiro atoms. The highest BCUT2D eigenvalue weighted by atomic mass is 16.3. The minimum atomic E-state index is 0.401. The van der Waals surface area contributed by atoms with Crippen molar-refractivity contribution in [1.29, 1.82) is 0 Å². The third kappa shape index (κ3) is 1.74. The van der Waals surface area contributed by atoms with Crippen LogP contribution in [-0.2, 0) is 0 Å². The van der Waals surface area contributed by atoms with Crippen LogP contribution in [0.25, 0.3) is 0 Å². The minimum Gasteiger partial charge on any atom is -0.508 e. The smallest absolute Gasteiger partial charge is 0.115 e. The summed E-state index contributed by atoms with van der Waals surface area (Å²) in [6, 6.07) is 9.21. The molecule has 0 saturated carbocycles. The van der Waals surface area contributed by atoms with Gasteiger partial charge in [0.15, 0.2) is 0 Å². The largest absolute Gasteiger partial charge is 0.508 e. The van der Waals surface area contributed by atoms with Crippen LogP contribution in [-0.4, -0.2) is 17.2 Å². The third-order valence-corrected chi connectivity index (χ3v) is 3.81. The first-order chi connectivity index (χ1) is 7.31. The maximum Gasteiger partial charge on any atom is 0.115 e. The molecule has 2 N–H and O–H groups in total. The van der Waals surface area contributed by atoms with E-state index in [-0.39, 0.29) is 0 Å². The van der Waals surface area contributed by atoms with E-state index in [1.165, 1.54) is 31.2 Å². The zero-order valence-electron chi connectivity index (χ0n) is 8.82. The number of phenols is 1. The van der Waals surface area contributed by atoms with Crippen LogP contribution in [0.5, 0.6) is 5.75 Å². The second-order valence-corrected chi connectivity index (χ2v) is 4.90.